The fourth-order valence-corrected chi connectivity index (χ4v) is 2.12. The van der Waals surface area contributed by atoms with Crippen LogP contribution in [0.25, 0.3) is 11.0 Å². The topological polar surface area (TPSA) is 93.0 Å². The third kappa shape index (κ3) is 2.56. The van der Waals surface area contributed by atoms with Crippen LogP contribution in [0, 0.1) is 5.82 Å². The number of rotatable bonds is 3. The highest BCUT2D eigenvalue weighted by molar-refractivity contribution is 5.94. The van der Waals surface area contributed by atoms with Crippen molar-refractivity contribution in [1.82, 2.24) is 9.97 Å². The summed E-state index contributed by atoms with van der Waals surface area (Å²) in [5.41, 5.74) is 7.24. The molecule has 0 atom stereocenters. The number of nitrogen functional groups attached to an aromatic ring is 1. The fraction of sp³-hybridized carbons (Fsp3) is 0.0667. The van der Waals surface area contributed by atoms with Crippen LogP contribution in [-0.2, 0) is 4.79 Å². The number of aromatic nitrogens is 2. The van der Waals surface area contributed by atoms with Crippen molar-refractivity contribution < 1.29 is 13.9 Å². The Balaban J connectivity index is 1.95. The van der Waals surface area contributed by atoms with Crippen molar-refractivity contribution >= 4 is 28.3 Å². The number of nitrogens with zero attached hydrogens (tertiary/aromatic N) is 1. The molecule has 3 rings (SSSR count). The minimum atomic E-state index is -0.592. The van der Waals surface area contributed by atoms with Crippen LogP contribution in [0.5, 0.6) is 11.5 Å². The standard InChI is InChI=1S/C15H13FN4O2/c1-8(21)20-9-2-3-12(10(16)6-9)22-13-4-5-18-15-14(13)11(17)7-19-15/h2-7H,17H2,1H3,(H,18,19)(H,20,21). The minimum Gasteiger partial charge on any atom is -0.453 e. The molecule has 0 saturated heterocycles. The van der Waals surface area contributed by atoms with Gasteiger partial charge in [0.2, 0.25) is 5.91 Å². The molecule has 0 unspecified atom stereocenters. The Bertz CT molecular complexity index is 860. The van der Waals surface area contributed by atoms with Gasteiger partial charge in [0.05, 0.1) is 11.1 Å². The van der Waals surface area contributed by atoms with E-state index in [9.17, 15) is 9.18 Å². The second-order valence-corrected chi connectivity index (χ2v) is 4.71. The number of benzene rings is 1. The van der Waals surface area contributed by atoms with Gasteiger partial charge in [0.25, 0.3) is 0 Å². The number of nitrogens with one attached hydrogen (secondary N) is 2. The summed E-state index contributed by atoms with van der Waals surface area (Å²) in [7, 11) is 0. The van der Waals surface area contributed by atoms with Gasteiger partial charge < -0.3 is 20.8 Å². The fourth-order valence-electron chi connectivity index (χ4n) is 2.12. The summed E-state index contributed by atoms with van der Waals surface area (Å²) >= 11 is 0. The molecule has 0 saturated carbocycles. The van der Waals surface area contributed by atoms with Crippen LogP contribution in [0.15, 0.2) is 36.7 Å². The third-order valence-corrected chi connectivity index (χ3v) is 3.04. The summed E-state index contributed by atoms with van der Waals surface area (Å²) in [5, 5.41) is 3.09. The summed E-state index contributed by atoms with van der Waals surface area (Å²) in [5.74, 6) is -0.438. The Morgan fingerprint density at radius 1 is 1.36 bits per heavy atom. The lowest BCUT2D eigenvalue weighted by Crippen LogP contribution is -2.05. The van der Waals surface area contributed by atoms with E-state index in [1.54, 1.807) is 18.3 Å². The summed E-state index contributed by atoms with van der Waals surface area (Å²) in [4.78, 5) is 18.0. The number of carbonyl (C=O) groups excluding carboxylic acids is 1. The number of amides is 1. The molecule has 2 heterocycles. The number of carbonyl (C=O) groups is 1. The molecule has 112 valence electrons. The Morgan fingerprint density at radius 3 is 2.91 bits per heavy atom. The van der Waals surface area contributed by atoms with Crippen molar-refractivity contribution in [2.24, 2.45) is 0 Å². The molecule has 6 nitrogen and oxygen atoms in total. The minimum absolute atomic E-state index is 0.0298. The molecule has 0 aliphatic rings. The van der Waals surface area contributed by atoms with Gasteiger partial charge in [-0.15, -0.1) is 0 Å². The average Bonchev–Trinajstić information content (AvgIpc) is 2.84. The van der Waals surface area contributed by atoms with Gasteiger partial charge in [0.15, 0.2) is 11.6 Å². The third-order valence-electron chi connectivity index (χ3n) is 3.04. The SMILES string of the molecule is CC(=O)Nc1ccc(Oc2ccnc3[nH]cc(N)c23)c(F)c1. The van der Waals surface area contributed by atoms with E-state index in [0.29, 0.717) is 28.2 Å². The molecule has 3 aromatic rings. The number of fused-ring (bicyclic) bond motifs is 1. The van der Waals surface area contributed by atoms with E-state index >= 15 is 0 Å². The highest BCUT2D eigenvalue weighted by Gasteiger charge is 2.12. The first-order valence-corrected chi connectivity index (χ1v) is 6.51. The molecule has 1 aromatic carbocycles. The molecule has 0 bridgehead atoms. The average molecular weight is 300 g/mol. The van der Waals surface area contributed by atoms with Crippen LogP contribution in [0.1, 0.15) is 6.92 Å². The van der Waals surface area contributed by atoms with Crippen molar-refractivity contribution in [3.05, 3.63) is 42.5 Å². The number of ether oxygens (including phenoxy) is 1. The molecule has 0 fully saturated rings. The monoisotopic (exact) mass is 300 g/mol. The van der Waals surface area contributed by atoms with Crippen LogP contribution in [0.2, 0.25) is 0 Å². The van der Waals surface area contributed by atoms with Gasteiger partial charge in [-0.1, -0.05) is 0 Å². The molecule has 22 heavy (non-hydrogen) atoms. The molecule has 1 amide bonds. The predicted molar refractivity (Wildman–Crippen MR) is 81.3 cm³/mol. The van der Waals surface area contributed by atoms with E-state index in [1.165, 1.54) is 25.3 Å². The number of anilines is 2. The quantitative estimate of drug-likeness (QED) is 0.693. The largest absolute Gasteiger partial charge is 0.453 e. The lowest BCUT2D eigenvalue weighted by Gasteiger charge is -2.10. The van der Waals surface area contributed by atoms with E-state index in [0.717, 1.165) is 0 Å². The molecule has 0 spiro atoms. The van der Waals surface area contributed by atoms with Gasteiger partial charge >= 0.3 is 0 Å². The van der Waals surface area contributed by atoms with Gasteiger partial charge in [-0.3, -0.25) is 4.79 Å². The van der Waals surface area contributed by atoms with E-state index in [-0.39, 0.29) is 11.7 Å². The molecular weight excluding hydrogens is 287 g/mol. The highest BCUT2D eigenvalue weighted by Crippen LogP contribution is 2.34. The normalized spacial score (nSPS) is 10.6. The van der Waals surface area contributed by atoms with E-state index in [2.05, 4.69) is 15.3 Å². The summed E-state index contributed by atoms with van der Waals surface area (Å²) in [6.07, 6.45) is 3.14. The van der Waals surface area contributed by atoms with Crippen molar-refractivity contribution in [2.75, 3.05) is 11.1 Å². The second kappa shape index (κ2) is 5.36. The Labute approximate surface area is 125 Å². The number of pyridine rings is 1. The predicted octanol–water partition coefficient (Wildman–Crippen LogP) is 3.03. The molecule has 7 heteroatoms. The van der Waals surface area contributed by atoms with Crippen molar-refractivity contribution in [3.63, 3.8) is 0 Å². The zero-order valence-corrected chi connectivity index (χ0v) is 11.7. The van der Waals surface area contributed by atoms with Gasteiger partial charge in [-0.25, -0.2) is 9.37 Å². The number of halogens is 1. The maximum Gasteiger partial charge on any atom is 0.221 e. The lowest BCUT2D eigenvalue weighted by atomic mass is 10.2. The number of aromatic amines is 1. The summed E-state index contributed by atoms with van der Waals surface area (Å²) in [6.45, 7) is 1.35. The van der Waals surface area contributed by atoms with Crippen LogP contribution in [0.4, 0.5) is 15.8 Å². The van der Waals surface area contributed by atoms with Crippen molar-refractivity contribution in [2.45, 2.75) is 6.92 Å². The van der Waals surface area contributed by atoms with Gasteiger partial charge in [0.1, 0.15) is 11.4 Å². The molecule has 0 aliphatic heterocycles. The van der Waals surface area contributed by atoms with Crippen molar-refractivity contribution in [3.8, 4) is 11.5 Å². The van der Waals surface area contributed by atoms with Crippen LogP contribution in [-0.4, -0.2) is 15.9 Å². The lowest BCUT2D eigenvalue weighted by molar-refractivity contribution is -0.114. The van der Waals surface area contributed by atoms with Gasteiger partial charge in [-0.2, -0.15) is 0 Å². The first-order valence-electron chi connectivity index (χ1n) is 6.51. The molecule has 4 N–H and O–H groups in total. The van der Waals surface area contributed by atoms with Crippen LogP contribution in [0.3, 0.4) is 0 Å². The number of hydrogen-bond donors (Lipinski definition) is 3. The van der Waals surface area contributed by atoms with Crippen LogP contribution < -0.4 is 15.8 Å². The maximum atomic E-state index is 14.1. The number of H-pyrrole nitrogens is 1. The molecular formula is C15H13FN4O2. The molecule has 0 radical (unpaired) electrons. The van der Waals surface area contributed by atoms with Crippen molar-refractivity contribution in [1.29, 1.82) is 0 Å². The Kier molecular flexibility index (Phi) is 3.38. The summed E-state index contributed by atoms with van der Waals surface area (Å²) < 4.78 is 19.7. The Morgan fingerprint density at radius 2 is 2.18 bits per heavy atom. The second-order valence-electron chi connectivity index (χ2n) is 4.71. The zero-order chi connectivity index (χ0) is 15.7. The first-order chi connectivity index (χ1) is 10.5. The van der Waals surface area contributed by atoms with Crippen LogP contribution >= 0.6 is 0 Å². The first kappa shape index (κ1) is 13.9. The maximum absolute atomic E-state index is 14.1. The summed E-state index contributed by atoms with van der Waals surface area (Å²) in [6, 6.07) is 5.79. The zero-order valence-electron chi connectivity index (χ0n) is 11.7. The van der Waals surface area contributed by atoms with E-state index < -0.39 is 5.82 Å². The smallest absolute Gasteiger partial charge is 0.221 e. The Hall–Kier alpha value is -3.09. The number of nitrogens with two attached hydrogens (primary N) is 1. The number of hydrogen-bond acceptors (Lipinski definition) is 4. The molecule has 0 aliphatic carbocycles. The molecule has 2 aromatic heterocycles. The van der Waals surface area contributed by atoms with E-state index in [4.69, 9.17) is 10.5 Å². The van der Waals surface area contributed by atoms with Gasteiger partial charge in [-0.05, 0) is 18.2 Å². The van der Waals surface area contributed by atoms with Gasteiger partial charge in [0, 0.05) is 31.1 Å². The van der Waals surface area contributed by atoms with E-state index in [1.807, 2.05) is 0 Å². The highest BCUT2D eigenvalue weighted by atomic mass is 19.1.